The molecule has 0 aromatic heterocycles. The molecule has 1 saturated heterocycles. The van der Waals surface area contributed by atoms with Gasteiger partial charge in [0.1, 0.15) is 0 Å². The average molecular weight is 374 g/mol. The van der Waals surface area contributed by atoms with Gasteiger partial charge in [-0.3, -0.25) is 14.4 Å². The molecule has 0 bridgehead atoms. The second-order valence-corrected chi connectivity index (χ2v) is 7.20. The van der Waals surface area contributed by atoms with Crippen LogP contribution >= 0.6 is 11.6 Å². The molecule has 138 valence electrons. The van der Waals surface area contributed by atoms with E-state index in [1.165, 1.54) is 0 Å². The van der Waals surface area contributed by atoms with Crippen molar-refractivity contribution in [3.8, 4) is 0 Å². The number of ketones is 1. The SMILES string of the molecule is CC(CCC(=O)N1CCC(C(=O)c2ccc(Cl)cc2)CC1)CC(=O)O.[LiH]. The molecule has 5 nitrogen and oxygen atoms in total. The van der Waals surface area contributed by atoms with E-state index in [9.17, 15) is 14.4 Å². The van der Waals surface area contributed by atoms with Crippen LogP contribution in [0.5, 0.6) is 0 Å². The molecule has 1 N–H and O–H groups in total. The number of rotatable bonds is 7. The number of amides is 1. The molecular formula is C19H25ClLiNO4. The zero-order valence-electron chi connectivity index (χ0n) is 14.4. The predicted molar refractivity (Wildman–Crippen MR) is 103 cm³/mol. The van der Waals surface area contributed by atoms with Gasteiger partial charge in [-0.25, -0.2) is 0 Å². The van der Waals surface area contributed by atoms with E-state index in [2.05, 4.69) is 0 Å². The van der Waals surface area contributed by atoms with Crippen LogP contribution in [-0.2, 0) is 9.59 Å². The van der Waals surface area contributed by atoms with Crippen molar-refractivity contribution in [1.29, 1.82) is 0 Å². The molecule has 0 aliphatic carbocycles. The first-order valence-electron chi connectivity index (χ1n) is 8.66. The summed E-state index contributed by atoms with van der Waals surface area (Å²) in [6.45, 7) is 3.00. The number of aliphatic carboxylic acids is 1. The molecule has 0 saturated carbocycles. The molecular weight excluding hydrogens is 349 g/mol. The van der Waals surface area contributed by atoms with E-state index in [1.54, 1.807) is 29.2 Å². The van der Waals surface area contributed by atoms with E-state index in [0.717, 1.165) is 0 Å². The van der Waals surface area contributed by atoms with Crippen LogP contribution in [0.1, 0.15) is 49.4 Å². The van der Waals surface area contributed by atoms with E-state index in [0.29, 0.717) is 49.4 Å². The minimum absolute atomic E-state index is 0. The first-order chi connectivity index (χ1) is 11.9. The quantitative estimate of drug-likeness (QED) is 0.589. The van der Waals surface area contributed by atoms with Crippen LogP contribution in [0.25, 0.3) is 0 Å². The molecule has 1 fully saturated rings. The van der Waals surface area contributed by atoms with Crippen molar-refractivity contribution in [2.45, 2.75) is 39.0 Å². The third-order valence-corrected chi connectivity index (χ3v) is 4.97. The Morgan fingerprint density at radius 2 is 1.77 bits per heavy atom. The van der Waals surface area contributed by atoms with E-state index < -0.39 is 5.97 Å². The normalized spacial score (nSPS) is 15.8. The van der Waals surface area contributed by atoms with Crippen molar-refractivity contribution in [3.05, 3.63) is 34.9 Å². The number of benzene rings is 1. The second kappa shape index (κ2) is 10.8. The summed E-state index contributed by atoms with van der Waals surface area (Å²) in [7, 11) is 0. The number of Topliss-reactive ketones (excluding diaryl/α,β-unsaturated/α-hetero) is 1. The Morgan fingerprint density at radius 1 is 1.19 bits per heavy atom. The van der Waals surface area contributed by atoms with Gasteiger partial charge in [-0.15, -0.1) is 0 Å². The molecule has 1 aliphatic heterocycles. The van der Waals surface area contributed by atoms with Crippen molar-refractivity contribution in [2.75, 3.05) is 13.1 Å². The molecule has 0 radical (unpaired) electrons. The molecule has 26 heavy (non-hydrogen) atoms. The summed E-state index contributed by atoms with van der Waals surface area (Å²) in [6, 6.07) is 6.91. The molecule has 1 aliphatic rings. The number of likely N-dealkylation sites (tertiary alicyclic amines) is 1. The van der Waals surface area contributed by atoms with Crippen molar-refractivity contribution < 1.29 is 19.5 Å². The van der Waals surface area contributed by atoms with Crippen molar-refractivity contribution in [2.24, 2.45) is 11.8 Å². The van der Waals surface area contributed by atoms with Gasteiger partial charge in [-0.05, 0) is 49.4 Å². The van der Waals surface area contributed by atoms with Crippen LogP contribution in [0.3, 0.4) is 0 Å². The third-order valence-electron chi connectivity index (χ3n) is 4.72. The zero-order chi connectivity index (χ0) is 18.4. The fraction of sp³-hybridized carbons (Fsp3) is 0.526. The van der Waals surface area contributed by atoms with Crippen LogP contribution in [0.2, 0.25) is 5.02 Å². The number of hydrogen-bond donors (Lipinski definition) is 1. The topological polar surface area (TPSA) is 74.7 Å². The third kappa shape index (κ3) is 6.79. The standard InChI is InChI=1S/C19H24ClNO4.Li.H/c1-13(12-18(23)24)2-7-17(22)21-10-8-15(9-11-21)19(25)14-3-5-16(20)6-4-14;;/h3-6,13,15H,2,7-12H2,1H3,(H,23,24);;. The number of piperidine rings is 1. The van der Waals surface area contributed by atoms with E-state index >= 15 is 0 Å². The van der Waals surface area contributed by atoms with E-state index in [-0.39, 0.29) is 48.8 Å². The van der Waals surface area contributed by atoms with Gasteiger partial charge in [0.2, 0.25) is 5.91 Å². The summed E-state index contributed by atoms with van der Waals surface area (Å²) >= 11 is 5.85. The number of hydrogen-bond acceptors (Lipinski definition) is 3. The number of carboxylic acids is 1. The summed E-state index contributed by atoms with van der Waals surface area (Å²) in [5, 5.41) is 9.36. The van der Waals surface area contributed by atoms with Crippen molar-refractivity contribution in [1.82, 2.24) is 4.90 Å². The van der Waals surface area contributed by atoms with Crippen molar-refractivity contribution >= 4 is 48.1 Å². The molecule has 7 heteroatoms. The van der Waals surface area contributed by atoms with Gasteiger partial charge in [-0.1, -0.05) is 18.5 Å². The fourth-order valence-corrected chi connectivity index (χ4v) is 3.30. The van der Waals surface area contributed by atoms with Gasteiger partial charge >= 0.3 is 24.8 Å². The first-order valence-corrected chi connectivity index (χ1v) is 9.04. The van der Waals surface area contributed by atoms with Gasteiger partial charge in [0.15, 0.2) is 5.78 Å². The fourth-order valence-electron chi connectivity index (χ4n) is 3.17. The van der Waals surface area contributed by atoms with Gasteiger partial charge < -0.3 is 10.0 Å². The molecule has 0 spiro atoms. The van der Waals surface area contributed by atoms with Crippen LogP contribution in [-0.4, -0.2) is 59.6 Å². The van der Waals surface area contributed by atoms with Gasteiger partial charge in [-0.2, -0.15) is 0 Å². The van der Waals surface area contributed by atoms with E-state index in [1.807, 2.05) is 6.92 Å². The van der Waals surface area contributed by atoms with E-state index in [4.69, 9.17) is 16.7 Å². The molecule has 1 amide bonds. The molecule has 2 rings (SSSR count). The number of carboxylic acid groups (broad SMARTS) is 1. The van der Waals surface area contributed by atoms with Gasteiger partial charge in [0.05, 0.1) is 0 Å². The van der Waals surface area contributed by atoms with Crippen LogP contribution in [0, 0.1) is 11.8 Å². The Bertz CT molecular complexity index is 627. The number of carbonyl (C=O) groups is 3. The first kappa shape index (κ1) is 22.8. The predicted octanol–water partition coefficient (Wildman–Crippen LogP) is 3.00. The molecule has 1 atom stereocenters. The number of nitrogens with zero attached hydrogens (tertiary/aromatic N) is 1. The minimum atomic E-state index is -0.832. The maximum absolute atomic E-state index is 12.5. The molecule has 1 aromatic rings. The monoisotopic (exact) mass is 373 g/mol. The Morgan fingerprint density at radius 3 is 2.31 bits per heavy atom. The zero-order valence-corrected chi connectivity index (χ0v) is 15.2. The summed E-state index contributed by atoms with van der Waals surface area (Å²) in [4.78, 5) is 37.2. The van der Waals surface area contributed by atoms with Crippen LogP contribution < -0.4 is 0 Å². The summed E-state index contributed by atoms with van der Waals surface area (Å²) in [6.07, 6.45) is 2.36. The molecule has 1 heterocycles. The average Bonchev–Trinajstić information content (AvgIpc) is 2.59. The second-order valence-electron chi connectivity index (χ2n) is 6.77. The summed E-state index contributed by atoms with van der Waals surface area (Å²) in [5.41, 5.74) is 0.664. The van der Waals surface area contributed by atoms with Crippen LogP contribution in [0.15, 0.2) is 24.3 Å². The summed E-state index contributed by atoms with van der Waals surface area (Å²) < 4.78 is 0. The number of carbonyl (C=O) groups excluding carboxylic acids is 2. The van der Waals surface area contributed by atoms with Crippen LogP contribution in [0.4, 0.5) is 0 Å². The Kier molecular flexibility index (Phi) is 9.42. The molecule has 1 aromatic carbocycles. The van der Waals surface area contributed by atoms with Gasteiger partial charge in [0, 0.05) is 42.4 Å². The van der Waals surface area contributed by atoms with Gasteiger partial charge in [0.25, 0.3) is 0 Å². The Balaban J connectivity index is 0.00000338. The molecule has 1 unspecified atom stereocenters. The Hall–Kier alpha value is -1.28. The van der Waals surface area contributed by atoms with Crippen molar-refractivity contribution in [3.63, 3.8) is 0 Å². The maximum atomic E-state index is 12.5. The summed E-state index contributed by atoms with van der Waals surface area (Å²) in [5.74, 6) is -0.739. The Labute approximate surface area is 171 Å². The number of halogens is 1.